The summed E-state index contributed by atoms with van der Waals surface area (Å²) in [6, 6.07) is 0. The second-order valence-electron chi connectivity index (χ2n) is 31.2. The minimum atomic E-state index is -1.62. The Morgan fingerprint density at radius 1 is 0.307 bits per heavy atom. The van der Waals surface area contributed by atoms with E-state index in [0.29, 0.717) is 17.4 Å². The molecular formula is C92H169NO8. The van der Waals surface area contributed by atoms with Crippen LogP contribution in [0.25, 0.3) is 0 Å². The average Bonchev–Trinajstić information content (AvgIpc) is 1.21. The van der Waals surface area contributed by atoms with Crippen molar-refractivity contribution in [3.05, 3.63) is 72.9 Å². The maximum Gasteiger partial charge on any atom is 0.306 e. The third-order valence-corrected chi connectivity index (χ3v) is 19.9. The highest BCUT2D eigenvalue weighted by Gasteiger charge is 2.22. The van der Waals surface area contributed by atoms with Gasteiger partial charge in [0.25, 0.3) is 0 Å². The average molecular weight is 1420 g/mol. The standard InChI is InChI=1S/C92H169NO8/c1-6-8-10-12-14-16-18-20-22-24-26-28-30-32-34-36-38-40-42-43-44-45-46-47-49-51-53-55-57-59-61-63-65-67-69-71-73-75-77-79-81-83-90(95)101-88(87-100-92(91(96)97)98-85-84-93(3,4)5)86-99-89(94)82-80-78-76-74-72-70-68-66-64-62-60-58-56-54-52-50-48-41-39-37-35-33-31-29-27-25-23-21-19-17-15-13-11-9-7-2/h8,10,14,16,19-22,25-28,88,92H,6-7,9,11-13,15,17-18,23-24,29-87H2,1-5H3/b10-8-,16-14-,21-19-,22-20-,27-25-,28-26-. The van der Waals surface area contributed by atoms with Gasteiger partial charge in [-0.1, -0.05) is 414 Å². The first kappa shape index (κ1) is 97.7. The van der Waals surface area contributed by atoms with E-state index in [0.717, 1.165) is 70.6 Å². The van der Waals surface area contributed by atoms with E-state index in [1.165, 1.54) is 340 Å². The number of unbranched alkanes of at least 4 members (excludes halogenated alkanes) is 56. The van der Waals surface area contributed by atoms with Gasteiger partial charge in [-0.15, -0.1) is 0 Å². The van der Waals surface area contributed by atoms with Crippen LogP contribution < -0.4 is 5.11 Å². The summed E-state index contributed by atoms with van der Waals surface area (Å²) in [7, 11) is 5.96. The first-order valence-corrected chi connectivity index (χ1v) is 44.1. The summed E-state index contributed by atoms with van der Waals surface area (Å²) in [5.41, 5.74) is 0. The predicted molar refractivity (Wildman–Crippen MR) is 435 cm³/mol. The molecular weight excluding hydrogens is 1250 g/mol. The molecule has 101 heavy (non-hydrogen) atoms. The van der Waals surface area contributed by atoms with Crippen molar-refractivity contribution in [2.45, 2.75) is 450 Å². The van der Waals surface area contributed by atoms with Crippen molar-refractivity contribution >= 4 is 17.9 Å². The molecule has 0 aliphatic carbocycles. The van der Waals surface area contributed by atoms with Gasteiger partial charge in [0.05, 0.1) is 40.3 Å². The number of allylic oxidation sites excluding steroid dienone is 12. The van der Waals surface area contributed by atoms with Crippen molar-refractivity contribution in [2.24, 2.45) is 0 Å². The highest BCUT2D eigenvalue weighted by molar-refractivity contribution is 5.70. The van der Waals surface area contributed by atoms with E-state index in [1.807, 2.05) is 21.1 Å². The Hall–Kier alpha value is -3.27. The van der Waals surface area contributed by atoms with E-state index in [9.17, 15) is 19.5 Å². The van der Waals surface area contributed by atoms with Gasteiger partial charge in [-0.2, -0.15) is 0 Å². The lowest BCUT2D eigenvalue weighted by molar-refractivity contribution is -0.870. The summed E-state index contributed by atoms with van der Waals surface area (Å²) in [5, 5.41) is 11.9. The molecule has 0 rings (SSSR count). The number of likely N-dealkylation sites (N-methyl/N-ethyl adjacent to an activating group) is 1. The molecule has 0 aromatic rings. The molecule has 0 N–H and O–H groups in total. The van der Waals surface area contributed by atoms with Gasteiger partial charge < -0.3 is 33.3 Å². The van der Waals surface area contributed by atoms with Gasteiger partial charge in [0.2, 0.25) is 0 Å². The second-order valence-corrected chi connectivity index (χ2v) is 31.2. The largest absolute Gasteiger partial charge is 0.545 e. The molecule has 0 aromatic heterocycles. The predicted octanol–water partition coefficient (Wildman–Crippen LogP) is 27.4. The molecule has 0 aliphatic heterocycles. The van der Waals surface area contributed by atoms with Crippen molar-refractivity contribution in [1.29, 1.82) is 0 Å². The van der Waals surface area contributed by atoms with E-state index < -0.39 is 24.3 Å². The Morgan fingerprint density at radius 3 is 0.842 bits per heavy atom. The number of esters is 2. The van der Waals surface area contributed by atoms with Crippen LogP contribution in [-0.2, 0) is 33.3 Å². The summed E-state index contributed by atoms with van der Waals surface area (Å²) < 4.78 is 22.9. The lowest BCUT2D eigenvalue weighted by atomic mass is 10.0. The third kappa shape index (κ3) is 83.9. The van der Waals surface area contributed by atoms with Crippen LogP contribution >= 0.6 is 0 Å². The van der Waals surface area contributed by atoms with Crippen LogP contribution in [0.15, 0.2) is 72.9 Å². The Bertz CT molecular complexity index is 1900. The molecule has 0 heterocycles. The molecule has 2 unspecified atom stereocenters. The number of carbonyl (C=O) groups excluding carboxylic acids is 3. The highest BCUT2D eigenvalue weighted by Crippen LogP contribution is 2.20. The fraction of sp³-hybridized carbons (Fsp3) is 0.837. The third-order valence-electron chi connectivity index (χ3n) is 19.9. The lowest BCUT2D eigenvalue weighted by Gasteiger charge is -2.26. The summed E-state index contributed by atoms with van der Waals surface area (Å²) in [6.45, 7) is 4.70. The SMILES string of the molecule is CC/C=C\C/C=C\C/C=C\C/C=C\CCCCCCCCCCCCCCCCCCCCCCCCCCCCCCC(=O)OC(COC(=O)CCCCCCCCCCCCCCCCCCCCCCCCC/C=C\C/C=C\CCCCCCC)COC(OCC[N+](C)(C)C)C(=O)[O-]. The van der Waals surface area contributed by atoms with Crippen LogP contribution in [0.1, 0.15) is 438 Å². The number of rotatable bonds is 83. The number of carboxylic acid groups (broad SMARTS) is 1. The van der Waals surface area contributed by atoms with Crippen molar-refractivity contribution in [1.82, 2.24) is 0 Å². The van der Waals surface area contributed by atoms with Crippen molar-refractivity contribution in [3.8, 4) is 0 Å². The summed E-state index contributed by atoms with van der Waals surface area (Å²) in [4.78, 5) is 37.7. The molecule has 590 valence electrons. The summed E-state index contributed by atoms with van der Waals surface area (Å²) in [6.07, 6.45) is 109. The summed E-state index contributed by atoms with van der Waals surface area (Å²) >= 11 is 0. The fourth-order valence-electron chi connectivity index (χ4n) is 13.3. The Morgan fingerprint density at radius 2 is 0.564 bits per heavy atom. The highest BCUT2D eigenvalue weighted by atomic mass is 16.7. The number of hydrogen-bond donors (Lipinski definition) is 0. The number of ether oxygens (including phenoxy) is 4. The zero-order valence-electron chi connectivity index (χ0n) is 67.8. The molecule has 0 aliphatic rings. The topological polar surface area (TPSA) is 111 Å². The number of carbonyl (C=O) groups is 3. The maximum atomic E-state index is 13.0. The Labute approximate surface area is 628 Å². The molecule has 0 saturated heterocycles. The second kappa shape index (κ2) is 82.4. The first-order chi connectivity index (χ1) is 49.6. The molecule has 9 nitrogen and oxygen atoms in total. The van der Waals surface area contributed by atoms with E-state index in [1.54, 1.807) is 0 Å². The Balaban J connectivity index is 3.90. The molecule has 0 spiro atoms. The number of nitrogens with zero attached hydrogens (tertiary/aromatic N) is 1. The van der Waals surface area contributed by atoms with E-state index in [4.69, 9.17) is 18.9 Å². The van der Waals surface area contributed by atoms with Crippen LogP contribution in [0.5, 0.6) is 0 Å². The zero-order chi connectivity index (χ0) is 73.2. The van der Waals surface area contributed by atoms with Crippen LogP contribution in [0.4, 0.5) is 0 Å². The zero-order valence-corrected chi connectivity index (χ0v) is 67.8. The smallest absolute Gasteiger partial charge is 0.306 e. The van der Waals surface area contributed by atoms with Gasteiger partial charge in [0.15, 0.2) is 12.4 Å². The van der Waals surface area contributed by atoms with Gasteiger partial charge in [-0.05, 0) is 83.5 Å². The van der Waals surface area contributed by atoms with E-state index >= 15 is 0 Å². The number of quaternary nitrogens is 1. The van der Waals surface area contributed by atoms with Gasteiger partial charge in [0, 0.05) is 12.8 Å². The van der Waals surface area contributed by atoms with E-state index in [2.05, 4.69) is 86.8 Å². The van der Waals surface area contributed by atoms with Gasteiger partial charge in [-0.25, -0.2) is 0 Å². The Kier molecular flexibility index (Phi) is 79.7. The van der Waals surface area contributed by atoms with Crippen LogP contribution in [-0.4, -0.2) is 82.3 Å². The quantitative estimate of drug-likeness (QED) is 0.0195. The van der Waals surface area contributed by atoms with Crippen molar-refractivity contribution in [3.63, 3.8) is 0 Å². The van der Waals surface area contributed by atoms with Gasteiger partial charge in [-0.3, -0.25) is 9.59 Å². The molecule has 2 atom stereocenters. The molecule has 0 bridgehead atoms. The van der Waals surface area contributed by atoms with Gasteiger partial charge in [0.1, 0.15) is 13.2 Å². The molecule has 9 heteroatoms. The number of aliphatic carboxylic acids is 1. The number of hydrogen-bond acceptors (Lipinski definition) is 8. The summed E-state index contributed by atoms with van der Waals surface area (Å²) in [5.74, 6) is -2.25. The monoisotopic (exact) mass is 1420 g/mol. The fourth-order valence-corrected chi connectivity index (χ4v) is 13.3. The minimum absolute atomic E-state index is 0.150. The maximum absolute atomic E-state index is 13.0. The van der Waals surface area contributed by atoms with Crippen molar-refractivity contribution in [2.75, 3.05) is 47.5 Å². The lowest BCUT2D eigenvalue weighted by Crippen LogP contribution is -2.44. The normalized spacial score (nSPS) is 12.9. The van der Waals surface area contributed by atoms with Crippen LogP contribution in [0.2, 0.25) is 0 Å². The molecule has 0 radical (unpaired) electrons. The molecule has 0 saturated carbocycles. The number of carboxylic acids is 1. The molecule has 0 fully saturated rings. The van der Waals surface area contributed by atoms with Crippen LogP contribution in [0, 0.1) is 0 Å². The molecule has 0 amide bonds. The van der Waals surface area contributed by atoms with Gasteiger partial charge >= 0.3 is 11.9 Å². The first-order valence-electron chi connectivity index (χ1n) is 44.1. The minimum Gasteiger partial charge on any atom is -0.545 e. The van der Waals surface area contributed by atoms with Crippen LogP contribution in [0.3, 0.4) is 0 Å². The van der Waals surface area contributed by atoms with Crippen molar-refractivity contribution < 1.29 is 42.9 Å². The molecule has 0 aromatic carbocycles. The van der Waals surface area contributed by atoms with E-state index in [-0.39, 0.29) is 32.2 Å².